The van der Waals surface area contributed by atoms with Gasteiger partial charge in [-0.05, 0) is 26.8 Å². The van der Waals surface area contributed by atoms with Gasteiger partial charge in [-0.1, -0.05) is 0 Å². The normalized spacial score (nSPS) is 12.3. The van der Waals surface area contributed by atoms with Gasteiger partial charge in [0.1, 0.15) is 0 Å². The fourth-order valence-corrected chi connectivity index (χ4v) is 1.31. The fourth-order valence-electron chi connectivity index (χ4n) is 1.31. The monoisotopic (exact) mass is 278 g/mol. The number of alkyl halides is 3. The van der Waals surface area contributed by atoms with E-state index < -0.39 is 11.9 Å². The van der Waals surface area contributed by atoms with Crippen LogP contribution < -0.4 is 10.6 Å². The average molecular weight is 278 g/mol. The number of carbonyl (C=O) groups excluding carboxylic acids is 1. The Labute approximate surface area is 109 Å². The Balaban J connectivity index is 2.38. The van der Waals surface area contributed by atoms with Crippen molar-refractivity contribution in [1.29, 1.82) is 0 Å². The molecule has 0 unspecified atom stereocenters. The van der Waals surface area contributed by atoms with Crippen molar-refractivity contribution in [2.45, 2.75) is 39.0 Å². The molecule has 5 nitrogen and oxygen atoms in total. The first-order valence-electron chi connectivity index (χ1n) is 5.74. The second-order valence-corrected chi connectivity index (χ2v) is 5.09. The largest absolute Gasteiger partial charge is 0.435 e. The number of carbonyl (C=O) groups is 1. The van der Waals surface area contributed by atoms with Gasteiger partial charge < -0.3 is 10.6 Å². The van der Waals surface area contributed by atoms with Gasteiger partial charge in [-0.25, -0.2) is 4.79 Å². The summed E-state index contributed by atoms with van der Waals surface area (Å²) in [7, 11) is 0. The summed E-state index contributed by atoms with van der Waals surface area (Å²) in [4.78, 5) is 11.4. The molecule has 0 aliphatic carbocycles. The first-order chi connectivity index (χ1) is 8.58. The highest BCUT2D eigenvalue weighted by Gasteiger charge is 2.33. The van der Waals surface area contributed by atoms with Gasteiger partial charge in [-0.2, -0.15) is 18.3 Å². The second kappa shape index (κ2) is 5.50. The standard InChI is InChI=1S/C11H17F3N4O/c1-10(2,3)16-9(19)15-5-7-18-6-4-8(17-18)11(12,13)14/h4,6H,5,7H2,1-3H3,(H2,15,16,19). The van der Waals surface area contributed by atoms with E-state index in [4.69, 9.17) is 0 Å². The molecule has 1 heterocycles. The lowest BCUT2D eigenvalue weighted by Crippen LogP contribution is -2.47. The van der Waals surface area contributed by atoms with Crippen molar-refractivity contribution >= 4 is 6.03 Å². The van der Waals surface area contributed by atoms with E-state index in [1.807, 2.05) is 20.8 Å². The molecular formula is C11H17F3N4O. The number of rotatable bonds is 3. The third kappa shape index (κ3) is 5.62. The summed E-state index contributed by atoms with van der Waals surface area (Å²) in [6.45, 7) is 5.86. The summed E-state index contributed by atoms with van der Waals surface area (Å²) in [5, 5.41) is 8.59. The maximum Gasteiger partial charge on any atom is 0.435 e. The predicted octanol–water partition coefficient (Wildman–Crippen LogP) is 2.00. The van der Waals surface area contributed by atoms with Crippen LogP contribution in [0.1, 0.15) is 26.5 Å². The van der Waals surface area contributed by atoms with E-state index >= 15 is 0 Å². The minimum absolute atomic E-state index is 0.174. The van der Waals surface area contributed by atoms with Gasteiger partial charge in [-0.3, -0.25) is 4.68 Å². The molecule has 1 aromatic rings. The number of hydrogen-bond donors (Lipinski definition) is 2. The van der Waals surface area contributed by atoms with Gasteiger partial charge in [-0.15, -0.1) is 0 Å². The number of hydrogen-bond acceptors (Lipinski definition) is 2. The number of aromatic nitrogens is 2. The van der Waals surface area contributed by atoms with Crippen LogP contribution in [0.25, 0.3) is 0 Å². The van der Waals surface area contributed by atoms with Crippen molar-refractivity contribution in [2.24, 2.45) is 0 Å². The molecule has 8 heteroatoms. The lowest BCUT2D eigenvalue weighted by Gasteiger charge is -2.20. The van der Waals surface area contributed by atoms with Crippen LogP contribution in [0.5, 0.6) is 0 Å². The molecule has 0 atom stereocenters. The van der Waals surface area contributed by atoms with E-state index in [1.165, 1.54) is 6.20 Å². The Morgan fingerprint density at radius 1 is 1.37 bits per heavy atom. The van der Waals surface area contributed by atoms with Gasteiger partial charge in [0.25, 0.3) is 0 Å². The van der Waals surface area contributed by atoms with Crippen LogP contribution >= 0.6 is 0 Å². The summed E-state index contributed by atoms with van der Waals surface area (Å²) in [5.74, 6) is 0. The zero-order valence-electron chi connectivity index (χ0n) is 11.0. The second-order valence-electron chi connectivity index (χ2n) is 5.09. The van der Waals surface area contributed by atoms with Crippen molar-refractivity contribution in [3.05, 3.63) is 18.0 Å². The summed E-state index contributed by atoms with van der Waals surface area (Å²) in [5.41, 5.74) is -1.30. The Morgan fingerprint density at radius 2 is 2.00 bits per heavy atom. The third-order valence-corrected chi connectivity index (χ3v) is 2.05. The maximum absolute atomic E-state index is 12.3. The molecule has 0 saturated heterocycles. The Bertz CT molecular complexity index is 434. The van der Waals surface area contributed by atoms with Crippen molar-refractivity contribution in [3.8, 4) is 0 Å². The molecule has 0 spiro atoms. The van der Waals surface area contributed by atoms with Crippen molar-refractivity contribution in [3.63, 3.8) is 0 Å². The molecule has 2 N–H and O–H groups in total. The van der Waals surface area contributed by atoms with Crippen molar-refractivity contribution < 1.29 is 18.0 Å². The molecule has 2 amide bonds. The number of nitrogens with one attached hydrogen (secondary N) is 2. The van der Waals surface area contributed by atoms with Gasteiger partial charge >= 0.3 is 12.2 Å². The van der Waals surface area contributed by atoms with E-state index in [1.54, 1.807) is 0 Å². The zero-order chi connectivity index (χ0) is 14.7. The Morgan fingerprint density at radius 3 is 2.47 bits per heavy atom. The van der Waals surface area contributed by atoms with Crippen LogP contribution in [0.3, 0.4) is 0 Å². The van der Waals surface area contributed by atoms with Crippen molar-refractivity contribution in [2.75, 3.05) is 6.54 Å². The molecule has 0 fully saturated rings. The number of amides is 2. The number of urea groups is 1. The molecule has 0 aromatic carbocycles. The lowest BCUT2D eigenvalue weighted by molar-refractivity contribution is -0.141. The average Bonchev–Trinajstić information content (AvgIpc) is 2.62. The first-order valence-corrected chi connectivity index (χ1v) is 5.74. The van der Waals surface area contributed by atoms with E-state index in [2.05, 4.69) is 15.7 Å². The van der Waals surface area contributed by atoms with Crippen LogP contribution in [-0.4, -0.2) is 27.9 Å². The summed E-state index contributed by atoms with van der Waals surface area (Å²) < 4.78 is 38.0. The number of nitrogens with zero attached hydrogens (tertiary/aromatic N) is 2. The van der Waals surface area contributed by atoms with Crippen molar-refractivity contribution in [1.82, 2.24) is 20.4 Å². The summed E-state index contributed by atoms with van der Waals surface area (Å²) in [6.07, 6.45) is -3.21. The third-order valence-electron chi connectivity index (χ3n) is 2.05. The molecule has 19 heavy (non-hydrogen) atoms. The van der Waals surface area contributed by atoms with Crippen LogP contribution in [0.2, 0.25) is 0 Å². The Kier molecular flexibility index (Phi) is 4.43. The first kappa shape index (κ1) is 15.3. The van der Waals surface area contributed by atoms with Gasteiger partial charge in [0, 0.05) is 18.3 Å². The fraction of sp³-hybridized carbons (Fsp3) is 0.636. The van der Waals surface area contributed by atoms with E-state index in [9.17, 15) is 18.0 Å². The van der Waals surface area contributed by atoms with Gasteiger partial charge in [0.15, 0.2) is 5.69 Å². The maximum atomic E-state index is 12.3. The number of halogens is 3. The quantitative estimate of drug-likeness (QED) is 0.888. The topological polar surface area (TPSA) is 59.0 Å². The smallest absolute Gasteiger partial charge is 0.336 e. The van der Waals surface area contributed by atoms with Crippen LogP contribution in [0, 0.1) is 0 Å². The highest BCUT2D eigenvalue weighted by atomic mass is 19.4. The minimum Gasteiger partial charge on any atom is -0.336 e. The van der Waals surface area contributed by atoms with Crippen LogP contribution in [0.15, 0.2) is 12.3 Å². The van der Waals surface area contributed by atoms with Gasteiger partial charge in [0.05, 0.1) is 6.54 Å². The predicted molar refractivity (Wildman–Crippen MR) is 63.5 cm³/mol. The molecule has 0 radical (unpaired) electrons. The summed E-state index contributed by atoms with van der Waals surface area (Å²) in [6, 6.07) is 0.533. The summed E-state index contributed by atoms with van der Waals surface area (Å²) >= 11 is 0. The lowest BCUT2D eigenvalue weighted by atomic mass is 10.1. The molecule has 0 saturated carbocycles. The van der Waals surface area contributed by atoms with Crippen LogP contribution in [0.4, 0.5) is 18.0 Å². The molecule has 1 aromatic heterocycles. The molecule has 0 bridgehead atoms. The van der Waals surface area contributed by atoms with E-state index in [0.717, 1.165) is 10.7 Å². The molecule has 0 aliphatic rings. The molecule has 1 rings (SSSR count). The molecular weight excluding hydrogens is 261 g/mol. The minimum atomic E-state index is -4.44. The molecule has 0 aliphatic heterocycles. The zero-order valence-corrected chi connectivity index (χ0v) is 11.0. The SMILES string of the molecule is CC(C)(C)NC(=O)NCCn1ccc(C(F)(F)F)n1. The highest BCUT2D eigenvalue weighted by Crippen LogP contribution is 2.27. The van der Waals surface area contributed by atoms with Gasteiger partial charge in [0.2, 0.25) is 0 Å². The van der Waals surface area contributed by atoms with E-state index in [0.29, 0.717) is 0 Å². The van der Waals surface area contributed by atoms with E-state index in [-0.39, 0.29) is 24.7 Å². The molecule has 108 valence electrons. The van der Waals surface area contributed by atoms with Crippen LogP contribution in [-0.2, 0) is 12.7 Å². The Hall–Kier alpha value is -1.73. The highest BCUT2D eigenvalue weighted by molar-refractivity contribution is 5.74.